The van der Waals surface area contributed by atoms with Crippen molar-refractivity contribution in [2.45, 2.75) is 13.3 Å². The van der Waals surface area contributed by atoms with E-state index in [1.165, 1.54) is 30.6 Å². The zero-order valence-electron chi connectivity index (χ0n) is 16.1. The number of carboxylic acid groups (broad SMARTS) is 1. The summed E-state index contributed by atoms with van der Waals surface area (Å²) in [7, 11) is 0. The Bertz CT molecular complexity index is 1150. The van der Waals surface area contributed by atoms with Gasteiger partial charge in [0.15, 0.2) is 0 Å². The summed E-state index contributed by atoms with van der Waals surface area (Å²) in [5.74, 6) is -0.773. The summed E-state index contributed by atoms with van der Waals surface area (Å²) >= 11 is 17.7. The number of ether oxygens (including phenoxy) is 1. The molecule has 1 aromatic heterocycles. The van der Waals surface area contributed by atoms with Crippen LogP contribution in [-0.2, 0) is 6.42 Å². The van der Waals surface area contributed by atoms with E-state index in [-0.39, 0.29) is 22.0 Å². The van der Waals surface area contributed by atoms with Crippen LogP contribution >= 0.6 is 34.8 Å². The first-order valence-electron chi connectivity index (χ1n) is 8.98. The normalized spacial score (nSPS) is 10.5. The molecule has 0 saturated carbocycles. The van der Waals surface area contributed by atoms with Crippen molar-refractivity contribution >= 4 is 58.2 Å². The standard InChI is InChI=1S/C21H16Cl3N3O4/c1-2-11-5-14(27-21(30)26-13-3-4-17(23)18(24)8-13)7-16(20(28)29)19(11)31-15-6-12(22)9-25-10-15/h3-10H,2H2,1H3,(H,28,29)(H2,26,27,30). The van der Waals surface area contributed by atoms with E-state index in [0.29, 0.717) is 33.5 Å². The third-order valence-electron chi connectivity index (χ3n) is 4.11. The van der Waals surface area contributed by atoms with Gasteiger partial charge in [0.05, 0.1) is 21.3 Å². The third-order valence-corrected chi connectivity index (χ3v) is 5.06. The Balaban J connectivity index is 1.87. The number of hydrogen-bond donors (Lipinski definition) is 3. The van der Waals surface area contributed by atoms with Crippen molar-refractivity contribution in [1.82, 2.24) is 4.98 Å². The molecule has 2 aromatic carbocycles. The summed E-state index contributed by atoms with van der Waals surface area (Å²) in [5, 5.41) is 15.9. The maximum absolute atomic E-state index is 12.4. The fourth-order valence-electron chi connectivity index (χ4n) is 2.74. The van der Waals surface area contributed by atoms with Crippen molar-refractivity contribution < 1.29 is 19.4 Å². The van der Waals surface area contributed by atoms with Crippen LogP contribution in [0.1, 0.15) is 22.8 Å². The highest BCUT2D eigenvalue weighted by molar-refractivity contribution is 6.42. The highest BCUT2D eigenvalue weighted by Gasteiger charge is 2.19. The number of carbonyl (C=O) groups excluding carboxylic acids is 1. The monoisotopic (exact) mass is 479 g/mol. The molecule has 10 heteroatoms. The number of carboxylic acids is 1. The first kappa shape index (κ1) is 22.7. The number of anilines is 2. The fraction of sp³-hybridized carbons (Fsp3) is 0.0952. The van der Waals surface area contributed by atoms with Gasteiger partial charge in [-0.2, -0.15) is 0 Å². The number of benzene rings is 2. The van der Waals surface area contributed by atoms with Gasteiger partial charge in [-0.3, -0.25) is 4.98 Å². The Morgan fingerprint density at radius 1 is 1.00 bits per heavy atom. The maximum Gasteiger partial charge on any atom is 0.339 e. The van der Waals surface area contributed by atoms with Gasteiger partial charge in [-0.15, -0.1) is 0 Å². The number of rotatable bonds is 6. The molecule has 1 heterocycles. The Kier molecular flexibility index (Phi) is 7.22. The molecule has 2 amide bonds. The van der Waals surface area contributed by atoms with Gasteiger partial charge in [-0.1, -0.05) is 41.7 Å². The maximum atomic E-state index is 12.4. The summed E-state index contributed by atoms with van der Waals surface area (Å²) in [5.41, 5.74) is 1.16. The minimum atomic E-state index is -1.21. The lowest BCUT2D eigenvalue weighted by atomic mass is 10.0. The minimum absolute atomic E-state index is 0.121. The Morgan fingerprint density at radius 2 is 1.74 bits per heavy atom. The summed E-state index contributed by atoms with van der Waals surface area (Å²) in [6.45, 7) is 1.84. The lowest BCUT2D eigenvalue weighted by molar-refractivity contribution is 0.0694. The van der Waals surface area contributed by atoms with Crippen LogP contribution in [-0.4, -0.2) is 22.1 Å². The zero-order valence-corrected chi connectivity index (χ0v) is 18.3. The highest BCUT2D eigenvalue weighted by Crippen LogP contribution is 2.34. The number of aromatic nitrogens is 1. The van der Waals surface area contributed by atoms with E-state index in [9.17, 15) is 14.7 Å². The van der Waals surface area contributed by atoms with Crippen molar-refractivity contribution in [2.24, 2.45) is 0 Å². The van der Waals surface area contributed by atoms with Gasteiger partial charge in [0.25, 0.3) is 0 Å². The number of halogens is 3. The molecule has 7 nitrogen and oxygen atoms in total. The van der Waals surface area contributed by atoms with Gasteiger partial charge < -0.3 is 20.5 Å². The van der Waals surface area contributed by atoms with Crippen molar-refractivity contribution in [1.29, 1.82) is 0 Å². The molecule has 0 saturated heterocycles. The summed E-state index contributed by atoms with van der Waals surface area (Å²) in [6.07, 6.45) is 3.31. The second-order valence-corrected chi connectivity index (χ2v) is 7.57. The van der Waals surface area contributed by atoms with Gasteiger partial charge in [0, 0.05) is 23.6 Å². The van der Waals surface area contributed by atoms with Crippen LogP contribution in [0.4, 0.5) is 16.2 Å². The average Bonchev–Trinajstić information content (AvgIpc) is 2.71. The molecule has 0 aliphatic carbocycles. The smallest absolute Gasteiger partial charge is 0.339 e. The largest absolute Gasteiger partial charge is 0.478 e. The summed E-state index contributed by atoms with van der Waals surface area (Å²) in [6, 6.07) is 8.52. The highest BCUT2D eigenvalue weighted by atomic mass is 35.5. The Labute approximate surface area is 192 Å². The van der Waals surface area contributed by atoms with E-state index >= 15 is 0 Å². The molecule has 0 atom stereocenters. The second-order valence-electron chi connectivity index (χ2n) is 6.32. The molecule has 0 aliphatic heterocycles. The number of carbonyl (C=O) groups is 2. The number of aryl methyl sites for hydroxylation is 1. The summed E-state index contributed by atoms with van der Waals surface area (Å²) < 4.78 is 5.77. The lowest BCUT2D eigenvalue weighted by Gasteiger charge is -2.16. The molecule has 0 bridgehead atoms. The van der Waals surface area contributed by atoms with Gasteiger partial charge in [0.2, 0.25) is 0 Å². The molecule has 3 rings (SSSR count). The number of nitrogens with one attached hydrogen (secondary N) is 2. The minimum Gasteiger partial charge on any atom is -0.478 e. The number of nitrogens with zero attached hydrogens (tertiary/aromatic N) is 1. The molecule has 0 spiro atoms. The van der Waals surface area contributed by atoms with Gasteiger partial charge in [-0.05, 0) is 42.3 Å². The second kappa shape index (κ2) is 9.87. The third kappa shape index (κ3) is 5.79. The fourth-order valence-corrected chi connectivity index (χ4v) is 3.20. The van der Waals surface area contributed by atoms with Crippen LogP contribution < -0.4 is 15.4 Å². The average molecular weight is 481 g/mol. The number of amides is 2. The molecule has 0 radical (unpaired) electrons. The summed E-state index contributed by atoms with van der Waals surface area (Å²) in [4.78, 5) is 28.2. The first-order chi connectivity index (χ1) is 14.8. The zero-order chi connectivity index (χ0) is 22.5. The van der Waals surface area contributed by atoms with Crippen LogP contribution in [0.5, 0.6) is 11.5 Å². The quantitative estimate of drug-likeness (QED) is 0.363. The van der Waals surface area contributed by atoms with E-state index < -0.39 is 12.0 Å². The number of pyridine rings is 1. The van der Waals surface area contributed by atoms with Crippen LogP contribution in [0.15, 0.2) is 48.8 Å². The predicted molar refractivity (Wildman–Crippen MR) is 121 cm³/mol. The van der Waals surface area contributed by atoms with Crippen molar-refractivity contribution in [3.05, 3.63) is 75.0 Å². The van der Waals surface area contributed by atoms with Gasteiger partial charge in [-0.25, -0.2) is 9.59 Å². The molecular weight excluding hydrogens is 465 g/mol. The predicted octanol–water partition coefficient (Wildman–Crippen LogP) is 6.74. The van der Waals surface area contributed by atoms with Crippen LogP contribution in [0, 0.1) is 0 Å². The molecule has 0 aliphatic rings. The van der Waals surface area contributed by atoms with E-state index in [1.807, 2.05) is 6.92 Å². The molecule has 3 N–H and O–H groups in total. The first-order valence-corrected chi connectivity index (χ1v) is 10.1. The molecule has 160 valence electrons. The molecule has 0 fully saturated rings. The lowest BCUT2D eigenvalue weighted by Crippen LogP contribution is -2.20. The van der Waals surface area contributed by atoms with Gasteiger partial charge >= 0.3 is 12.0 Å². The van der Waals surface area contributed by atoms with Crippen LogP contribution in [0.25, 0.3) is 0 Å². The van der Waals surface area contributed by atoms with E-state index in [0.717, 1.165) is 0 Å². The van der Waals surface area contributed by atoms with Crippen molar-refractivity contribution in [3.63, 3.8) is 0 Å². The van der Waals surface area contributed by atoms with Crippen LogP contribution in [0.2, 0.25) is 15.1 Å². The van der Waals surface area contributed by atoms with Crippen LogP contribution in [0.3, 0.4) is 0 Å². The topological polar surface area (TPSA) is 101 Å². The molecule has 3 aromatic rings. The molecular formula is C21H16Cl3N3O4. The van der Waals surface area contributed by atoms with E-state index in [2.05, 4.69) is 15.6 Å². The van der Waals surface area contributed by atoms with Gasteiger partial charge in [0.1, 0.15) is 17.1 Å². The van der Waals surface area contributed by atoms with E-state index in [1.54, 1.807) is 18.2 Å². The van der Waals surface area contributed by atoms with Crippen molar-refractivity contribution in [3.8, 4) is 11.5 Å². The molecule has 0 unspecified atom stereocenters. The number of urea groups is 1. The Hall–Kier alpha value is -3.00. The number of hydrogen-bond acceptors (Lipinski definition) is 4. The molecule has 31 heavy (non-hydrogen) atoms. The number of aromatic carboxylic acids is 1. The van der Waals surface area contributed by atoms with E-state index in [4.69, 9.17) is 39.5 Å². The SMILES string of the molecule is CCc1cc(NC(=O)Nc2ccc(Cl)c(Cl)c2)cc(C(=O)O)c1Oc1cncc(Cl)c1. The van der Waals surface area contributed by atoms with Crippen molar-refractivity contribution in [2.75, 3.05) is 10.6 Å². The Morgan fingerprint density at radius 3 is 2.39 bits per heavy atom.